The van der Waals surface area contributed by atoms with Gasteiger partial charge in [-0.05, 0) is 31.6 Å². The lowest BCUT2D eigenvalue weighted by Crippen LogP contribution is -2.46. The summed E-state index contributed by atoms with van der Waals surface area (Å²) in [5.41, 5.74) is -0.779. The Morgan fingerprint density at radius 2 is 1.63 bits per heavy atom. The molecule has 0 aliphatic heterocycles. The third kappa shape index (κ3) is 5.09. The smallest absolute Gasteiger partial charge is 0.338 e. The quantitative estimate of drug-likeness (QED) is 0.499. The second-order valence-electron chi connectivity index (χ2n) is 5.15. The molecule has 0 aromatic carbocycles. The maximum Gasteiger partial charge on any atom is 0.338 e. The van der Waals surface area contributed by atoms with Gasteiger partial charge in [0.25, 0.3) is 0 Å². The van der Waals surface area contributed by atoms with Crippen molar-refractivity contribution in [2.24, 2.45) is 5.92 Å². The van der Waals surface area contributed by atoms with E-state index in [2.05, 4.69) is 6.92 Å². The van der Waals surface area contributed by atoms with Gasteiger partial charge >= 0.3 is 5.97 Å². The fourth-order valence-corrected chi connectivity index (χ4v) is 2.31. The highest BCUT2D eigenvalue weighted by molar-refractivity contribution is 5.79. The number of hydrogen-bond acceptors (Lipinski definition) is 5. The van der Waals surface area contributed by atoms with Crippen molar-refractivity contribution in [2.45, 2.75) is 38.2 Å². The summed E-state index contributed by atoms with van der Waals surface area (Å²) in [5, 5.41) is 0. The molecule has 0 spiro atoms. The molecule has 1 aliphatic carbocycles. The summed E-state index contributed by atoms with van der Waals surface area (Å²) in [6, 6.07) is 0. The van der Waals surface area contributed by atoms with E-state index in [0.717, 1.165) is 25.7 Å². The molecule has 0 bridgehead atoms. The van der Waals surface area contributed by atoms with Crippen molar-refractivity contribution in [1.82, 2.24) is 0 Å². The fraction of sp³-hybridized carbons (Fsp3) is 0.929. The van der Waals surface area contributed by atoms with E-state index in [0.29, 0.717) is 25.7 Å². The van der Waals surface area contributed by atoms with Crippen LogP contribution in [0.25, 0.3) is 0 Å². The van der Waals surface area contributed by atoms with Gasteiger partial charge in [-0.3, -0.25) is 0 Å². The standard InChI is InChI=1S/C14H26O5/c1-12-4-6-14(7-5-12,19-11-9-17-3)13(15)18-10-8-16-2/h12H,4-11H2,1-3H3. The molecule has 0 atom stereocenters. The molecule has 0 heterocycles. The molecule has 1 rings (SSSR count). The zero-order valence-electron chi connectivity index (χ0n) is 12.3. The Morgan fingerprint density at radius 3 is 2.21 bits per heavy atom. The number of hydrogen-bond donors (Lipinski definition) is 0. The van der Waals surface area contributed by atoms with Crippen molar-refractivity contribution in [3.8, 4) is 0 Å². The summed E-state index contributed by atoms with van der Waals surface area (Å²) >= 11 is 0. The Hall–Kier alpha value is -0.650. The Balaban J connectivity index is 2.55. The molecule has 0 aromatic heterocycles. The molecule has 0 amide bonds. The van der Waals surface area contributed by atoms with Crippen molar-refractivity contribution in [3.05, 3.63) is 0 Å². The van der Waals surface area contributed by atoms with E-state index >= 15 is 0 Å². The summed E-state index contributed by atoms with van der Waals surface area (Å²) in [4.78, 5) is 12.3. The van der Waals surface area contributed by atoms with Gasteiger partial charge < -0.3 is 18.9 Å². The van der Waals surface area contributed by atoms with E-state index in [9.17, 15) is 4.79 Å². The van der Waals surface area contributed by atoms with Gasteiger partial charge in [-0.1, -0.05) is 6.92 Å². The maximum absolute atomic E-state index is 12.3. The molecule has 0 saturated heterocycles. The predicted octanol–water partition coefficient (Wildman–Crippen LogP) is 1.79. The maximum atomic E-state index is 12.3. The van der Waals surface area contributed by atoms with Gasteiger partial charge in [0.15, 0.2) is 5.60 Å². The van der Waals surface area contributed by atoms with Crippen LogP contribution in [-0.2, 0) is 23.7 Å². The number of carbonyl (C=O) groups excluding carboxylic acids is 1. The van der Waals surface area contributed by atoms with E-state index in [1.165, 1.54) is 0 Å². The largest absolute Gasteiger partial charge is 0.461 e. The van der Waals surface area contributed by atoms with E-state index in [1.54, 1.807) is 14.2 Å². The molecule has 5 heteroatoms. The minimum Gasteiger partial charge on any atom is -0.461 e. The number of esters is 1. The van der Waals surface area contributed by atoms with Gasteiger partial charge in [-0.2, -0.15) is 0 Å². The van der Waals surface area contributed by atoms with Gasteiger partial charge in [-0.15, -0.1) is 0 Å². The van der Waals surface area contributed by atoms with Crippen molar-refractivity contribution >= 4 is 5.97 Å². The molecule has 5 nitrogen and oxygen atoms in total. The minimum absolute atomic E-state index is 0.257. The van der Waals surface area contributed by atoms with Crippen LogP contribution >= 0.6 is 0 Å². The monoisotopic (exact) mass is 274 g/mol. The van der Waals surface area contributed by atoms with Crippen LogP contribution in [0.15, 0.2) is 0 Å². The average molecular weight is 274 g/mol. The minimum atomic E-state index is -0.779. The number of methoxy groups -OCH3 is 2. The molecule has 0 unspecified atom stereocenters. The van der Waals surface area contributed by atoms with Crippen molar-refractivity contribution < 1.29 is 23.7 Å². The first-order valence-electron chi connectivity index (χ1n) is 6.93. The Labute approximate surface area is 115 Å². The third-order valence-corrected chi connectivity index (χ3v) is 3.64. The molecule has 1 aliphatic rings. The van der Waals surface area contributed by atoms with Gasteiger partial charge in [0.2, 0.25) is 0 Å². The highest BCUT2D eigenvalue weighted by Gasteiger charge is 2.43. The van der Waals surface area contributed by atoms with Gasteiger partial charge in [0, 0.05) is 14.2 Å². The topological polar surface area (TPSA) is 54.0 Å². The van der Waals surface area contributed by atoms with Crippen LogP contribution in [0.1, 0.15) is 32.6 Å². The lowest BCUT2D eigenvalue weighted by Gasteiger charge is -2.37. The lowest BCUT2D eigenvalue weighted by atomic mass is 9.79. The number of rotatable bonds is 8. The molecule has 112 valence electrons. The van der Waals surface area contributed by atoms with Crippen LogP contribution in [-0.4, -0.2) is 52.2 Å². The van der Waals surface area contributed by atoms with E-state index < -0.39 is 5.60 Å². The molecule has 1 saturated carbocycles. The van der Waals surface area contributed by atoms with Gasteiger partial charge in [0.05, 0.1) is 19.8 Å². The third-order valence-electron chi connectivity index (χ3n) is 3.64. The summed E-state index contributed by atoms with van der Waals surface area (Å²) in [5.74, 6) is 0.387. The van der Waals surface area contributed by atoms with Crippen LogP contribution in [0.5, 0.6) is 0 Å². The number of ether oxygens (including phenoxy) is 4. The Morgan fingerprint density at radius 1 is 1.05 bits per heavy atom. The summed E-state index contributed by atoms with van der Waals surface area (Å²) in [6.45, 7) is 3.80. The molecular formula is C14H26O5. The first kappa shape index (κ1) is 16.4. The van der Waals surface area contributed by atoms with Gasteiger partial charge in [-0.25, -0.2) is 4.79 Å². The highest BCUT2D eigenvalue weighted by atomic mass is 16.6. The van der Waals surface area contributed by atoms with Crippen LogP contribution in [0.3, 0.4) is 0 Å². The number of carbonyl (C=O) groups is 1. The summed E-state index contributed by atoms with van der Waals surface area (Å²) < 4.78 is 20.9. The molecule has 0 radical (unpaired) electrons. The van der Waals surface area contributed by atoms with Crippen molar-refractivity contribution in [2.75, 3.05) is 40.6 Å². The van der Waals surface area contributed by atoms with Gasteiger partial charge in [0.1, 0.15) is 6.61 Å². The molecule has 1 fully saturated rings. The summed E-state index contributed by atoms with van der Waals surface area (Å²) in [6.07, 6.45) is 3.44. The molecular weight excluding hydrogens is 248 g/mol. The molecule has 19 heavy (non-hydrogen) atoms. The van der Waals surface area contributed by atoms with E-state index in [4.69, 9.17) is 18.9 Å². The predicted molar refractivity (Wildman–Crippen MR) is 71.0 cm³/mol. The molecule has 0 aromatic rings. The Kier molecular flexibility index (Phi) is 7.34. The van der Waals surface area contributed by atoms with Crippen molar-refractivity contribution in [3.63, 3.8) is 0 Å². The van der Waals surface area contributed by atoms with E-state index in [-0.39, 0.29) is 12.6 Å². The zero-order chi connectivity index (χ0) is 14.1. The van der Waals surface area contributed by atoms with Crippen LogP contribution in [0, 0.1) is 5.92 Å². The van der Waals surface area contributed by atoms with Crippen LogP contribution in [0.2, 0.25) is 0 Å². The normalized spacial score (nSPS) is 27.2. The first-order chi connectivity index (χ1) is 9.14. The second-order valence-corrected chi connectivity index (χ2v) is 5.15. The van der Waals surface area contributed by atoms with Crippen molar-refractivity contribution in [1.29, 1.82) is 0 Å². The lowest BCUT2D eigenvalue weighted by molar-refractivity contribution is -0.181. The van der Waals surface area contributed by atoms with Crippen LogP contribution < -0.4 is 0 Å². The zero-order valence-corrected chi connectivity index (χ0v) is 12.3. The SMILES string of the molecule is COCCOC(=O)C1(OCCOC)CCC(C)CC1. The molecule has 0 N–H and O–H groups in total. The van der Waals surface area contributed by atoms with Crippen LogP contribution in [0.4, 0.5) is 0 Å². The first-order valence-corrected chi connectivity index (χ1v) is 6.93. The average Bonchev–Trinajstić information content (AvgIpc) is 2.42. The second kappa shape index (κ2) is 8.51. The summed E-state index contributed by atoms with van der Waals surface area (Å²) in [7, 11) is 3.21. The Bertz CT molecular complexity index is 259. The van der Waals surface area contributed by atoms with E-state index in [1.807, 2.05) is 0 Å². The fourth-order valence-electron chi connectivity index (χ4n) is 2.31. The highest BCUT2D eigenvalue weighted by Crippen LogP contribution is 2.35.